The van der Waals surface area contributed by atoms with Crippen LogP contribution >= 0.6 is 0 Å². The van der Waals surface area contributed by atoms with Crippen LogP contribution < -0.4 is 15.5 Å². The number of hydrogen-bond donors (Lipinski definition) is 3. The first-order chi connectivity index (χ1) is 11.6. The van der Waals surface area contributed by atoms with Crippen LogP contribution in [-0.2, 0) is 17.9 Å². The van der Waals surface area contributed by atoms with Crippen LogP contribution in [0.5, 0.6) is 5.75 Å². The molecule has 0 atom stereocenters. The van der Waals surface area contributed by atoms with E-state index in [9.17, 15) is 14.7 Å². The van der Waals surface area contributed by atoms with Gasteiger partial charge >= 0.3 is 0 Å². The third kappa shape index (κ3) is 3.16. The van der Waals surface area contributed by atoms with Crippen LogP contribution in [-0.4, -0.2) is 27.7 Å². The van der Waals surface area contributed by atoms with Crippen LogP contribution in [0.2, 0.25) is 0 Å². The molecule has 124 valence electrons. The maximum Gasteiger partial charge on any atom is 0.244 e. The van der Waals surface area contributed by atoms with Crippen molar-refractivity contribution in [2.24, 2.45) is 0 Å². The van der Waals surface area contributed by atoms with Crippen molar-refractivity contribution >= 4 is 22.5 Å². The van der Waals surface area contributed by atoms with Crippen molar-refractivity contribution in [1.82, 2.24) is 9.55 Å². The molecule has 24 heavy (non-hydrogen) atoms. The van der Waals surface area contributed by atoms with E-state index in [0.717, 1.165) is 10.9 Å². The Morgan fingerprint density at radius 3 is 2.92 bits per heavy atom. The molecule has 0 saturated heterocycles. The molecule has 0 fully saturated rings. The molecule has 7 heteroatoms. The van der Waals surface area contributed by atoms with Gasteiger partial charge in [0.2, 0.25) is 11.3 Å². The molecule has 3 rings (SSSR count). The van der Waals surface area contributed by atoms with Crippen LogP contribution in [0.15, 0.2) is 47.5 Å². The van der Waals surface area contributed by atoms with E-state index in [0.29, 0.717) is 11.4 Å². The molecule has 0 aliphatic heterocycles. The molecule has 0 aliphatic carbocycles. The predicted octanol–water partition coefficient (Wildman–Crippen LogP) is 1.47. The normalized spacial score (nSPS) is 10.8. The maximum atomic E-state index is 12.3. The number of amides is 1. The van der Waals surface area contributed by atoms with Gasteiger partial charge in [0, 0.05) is 34.5 Å². The second-order valence-corrected chi connectivity index (χ2v) is 5.31. The summed E-state index contributed by atoms with van der Waals surface area (Å²) in [5.41, 5.74) is 1.67. The molecule has 1 amide bonds. The van der Waals surface area contributed by atoms with Crippen LogP contribution in [0.1, 0.15) is 5.69 Å². The van der Waals surface area contributed by atoms with Crippen LogP contribution in [0.3, 0.4) is 0 Å². The molecule has 2 heterocycles. The summed E-state index contributed by atoms with van der Waals surface area (Å²) >= 11 is 0. The van der Waals surface area contributed by atoms with Gasteiger partial charge in [0.25, 0.3) is 0 Å². The Kier molecular flexibility index (Phi) is 4.35. The lowest BCUT2D eigenvalue weighted by Gasteiger charge is -2.13. The van der Waals surface area contributed by atoms with E-state index in [1.165, 1.54) is 23.9 Å². The smallest absolute Gasteiger partial charge is 0.244 e. The number of aliphatic hydroxyl groups excluding tert-OH is 1. The summed E-state index contributed by atoms with van der Waals surface area (Å²) in [5, 5.41) is 13.2. The van der Waals surface area contributed by atoms with Gasteiger partial charge in [-0.15, -0.1) is 0 Å². The zero-order chi connectivity index (χ0) is 17.1. The third-order valence-electron chi connectivity index (χ3n) is 3.72. The van der Waals surface area contributed by atoms with Crippen molar-refractivity contribution in [3.05, 3.63) is 58.6 Å². The molecular formula is C17H17N3O4. The molecule has 0 aliphatic rings. The van der Waals surface area contributed by atoms with Crippen LogP contribution in [0, 0.1) is 0 Å². The Bertz CT molecular complexity index is 942. The summed E-state index contributed by atoms with van der Waals surface area (Å²) in [5.74, 6) is -0.154. The number of aromatic amines is 1. The van der Waals surface area contributed by atoms with Gasteiger partial charge in [0.05, 0.1) is 19.9 Å². The lowest BCUT2D eigenvalue weighted by atomic mass is 10.2. The van der Waals surface area contributed by atoms with E-state index < -0.39 is 0 Å². The first-order valence-corrected chi connectivity index (χ1v) is 7.36. The predicted molar refractivity (Wildman–Crippen MR) is 90.1 cm³/mol. The van der Waals surface area contributed by atoms with Gasteiger partial charge < -0.3 is 24.7 Å². The minimum atomic E-state index is -0.345. The van der Waals surface area contributed by atoms with Gasteiger partial charge in [0.1, 0.15) is 6.54 Å². The summed E-state index contributed by atoms with van der Waals surface area (Å²) in [4.78, 5) is 27.1. The van der Waals surface area contributed by atoms with Gasteiger partial charge in [-0.25, -0.2) is 0 Å². The molecule has 7 nitrogen and oxygen atoms in total. The molecular weight excluding hydrogens is 310 g/mol. The van der Waals surface area contributed by atoms with Gasteiger partial charge in [-0.2, -0.15) is 0 Å². The minimum absolute atomic E-state index is 0.0439. The van der Waals surface area contributed by atoms with E-state index >= 15 is 0 Å². The monoisotopic (exact) mass is 327 g/mol. The van der Waals surface area contributed by atoms with Gasteiger partial charge in [-0.3, -0.25) is 9.59 Å². The summed E-state index contributed by atoms with van der Waals surface area (Å²) in [6.45, 7) is -0.389. The van der Waals surface area contributed by atoms with Crippen LogP contribution in [0.25, 0.3) is 10.9 Å². The number of rotatable bonds is 5. The fraction of sp³-hybridized carbons (Fsp3) is 0.176. The molecule has 3 aromatic rings. The number of nitrogens with zero attached hydrogens (tertiary/aromatic N) is 1. The molecule has 0 bridgehead atoms. The van der Waals surface area contributed by atoms with E-state index in [2.05, 4.69) is 10.3 Å². The van der Waals surface area contributed by atoms with E-state index in [1.807, 2.05) is 24.4 Å². The Morgan fingerprint density at radius 1 is 1.33 bits per heavy atom. The molecule has 3 N–H and O–H groups in total. The number of nitrogens with one attached hydrogen (secondary N) is 2. The zero-order valence-corrected chi connectivity index (χ0v) is 13.1. The fourth-order valence-corrected chi connectivity index (χ4v) is 2.52. The highest BCUT2D eigenvalue weighted by Crippen LogP contribution is 2.18. The first-order valence-electron chi connectivity index (χ1n) is 7.36. The Morgan fingerprint density at radius 2 is 2.17 bits per heavy atom. The number of benzene rings is 1. The molecule has 0 saturated carbocycles. The van der Waals surface area contributed by atoms with Crippen molar-refractivity contribution in [3.63, 3.8) is 0 Å². The van der Waals surface area contributed by atoms with Crippen molar-refractivity contribution < 1.29 is 14.6 Å². The second-order valence-electron chi connectivity index (χ2n) is 5.31. The van der Waals surface area contributed by atoms with Crippen molar-refractivity contribution in [2.75, 3.05) is 12.4 Å². The number of H-pyrrole nitrogens is 1. The van der Waals surface area contributed by atoms with Crippen molar-refractivity contribution in [3.8, 4) is 5.75 Å². The summed E-state index contributed by atoms with van der Waals surface area (Å²) in [6, 6.07) is 8.73. The summed E-state index contributed by atoms with van der Waals surface area (Å²) < 4.78 is 6.46. The Labute approximate surface area is 137 Å². The Hall–Kier alpha value is -3.06. The largest absolute Gasteiger partial charge is 0.491 e. The highest BCUT2D eigenvalue weighted by atomic mass is 16.5. The summed E-state index contributed by atoms with van der Waals surface area (Å²) in [7, 11) is 1.38. The Balaban J connectivity index is 1.80. The molecule has 0 spiro atoms. The number of ether oxygens (including phenoxy) is 1. The average molecular weight is 327 g/mol. The van der Waals surface area contributed by atoms with Crippen molar-refractivity contribution in [1.29, 1.82) is 0 Å². The highest BCUT2D eigenvalue weighted by molar-refractivity contribution is 5.93. The SMILES string of the molecule is COc1cn(CC(=O)Nc2ccc3[nH]ccc3c2)c(CO)cc1=O. The lowest BCUT2D eigenvalue weighted by Crippen LogP contribution is -2.23. The maximum absolute atomic E-state index is 12.3. The number of aliphatic hydroxyl groups is 1. The van der Waals surface area contributed by atoms with Gasteiger partial charge in [-0.1, -0.05) is 0 Å². The number of aromatic nitrogens is 2. The summed E-state index contributed by atoms with van der Waals surface area (Å²) in [6.07, 6.45) is 3.25. The van der Waals surface area contributed by atoms with E-state index in [4.69, 9.17) is 4.74 Å². The minimum Gasteiger partial charge on any atom is -0.491 e. The third-order valence-corrected chi connectivity index (χ3v) is 3.72. The quantitative estimate of drug-likeness (QED) is 0.661. The van der Waals surface area contributed by atoms with E-state index in [1.54, 1.807) is 6.07 Å². The number of methoxy groups -OCH3 is 1. The average Bonchev–Trinajstić information content (AvgIpc) is 3.03. The lowest BCUT2D eigenvalue weighted by molar-refractivity contribution is -0.116. The number of hydrogen-bond acceptors (Lipinski definition) is 4. The highest BCUT2D eigenvalue weighted by Gasteiger charge is 2.10. The molecule has 0 unspecified atom stereocenters. The standard InChI is InChI=1S/C17H17N3O4/c1-24-16-8-20(13(10-21)7-15(16)22)9-17(23)19-12-2-3-14-11(6-12)4-5-18-14/h2-8,18,21H,9-10H2,1H3,(H,19,23). The van der Waals surface area contributed by atoms with Crippen molar-refractivity contribution in [2.45, 2.75) is 13.2 Å². The number of anilines is 1. The number of carbonyl (C=O) groups excluding carboxylic acids is 1. The zero-order valence-electron chi connectivity index (χ0n) is 13.1. The number of carbonyl (C=O) groups is 1. The number of fused-ring (bicyclic) bond motifs is 1. The molecule has 0 radical (unpaired) electrons. The topological polar surface area (TPSA) is 96.3 Å². The molecule has 1 aromatic carbocycles. The molecule has 2 aromatic heterocycles. The van der Waals surface area contributed by atoms with E-state index in [-0.39, 0.29) is 30.2 Å². The van der Waals surface area contributed by atoms with Crippen LogP contribution in [0.4, 0.5) is 5.69 Å². The van der Waals surface area contributed by atoms with Gasteiger partial charge in [-0.05, 0) is 24.3 Å². The van der Waals surface area contributed by atoms with Gasteiger partial charge in [0.15, 0.2) is 5.75 Å². The number of pyridine rings is 1. The second kappa shape index (κ2) is 6.59. The first kappa shape index (κ1) is 15.8. The fourth-order valence-electron chi connectivity index (χ4n) is 2.52.